The molecule has 0 radical (unpaired) electrons. The van der Waals surface area contributed by atoms with Crippen molar-refractivity contribution in [2.75, 3.05) is 7.11 Å². The molecule has 3 heterocycles. The van der Waals surface area contributed by atoms with Crippen LogP contribution in [0, 0.1) is 0 Å². The van der Waals surface area contributed by atoms with E-state index in [1.807, 2.05) is 62.7 Å². The monoisotopic (exact) mass is 604 g/mol. The molecule has 0 saturated heterocycles. The van der Waals surface area contributed by atoms with E-state index < -0.39 is 27.2 Å². The number of nitrogens with zero attached hydrogens (tertiary/aromatic N) is 2. The molecule has 1 atom stereocenters. The first-order valence-corrected chi connectivity index (χ1v) is 16.6. The summed E-state index contributed by atoms with van der Waals surface area (Å²) in [5, 5.41) is 0. The van der Waals surface area contributed by atoms with Crippen molar-refractivity contribution in [1.82, 2.24) is 9.38 Å². The van der Waals surface area contributed by atoms with Crippen molar-refractivity contribution in [1.29, 1.82) is 0 Å². The quantitative estimate of drug-likeness (QED) is 0.129. The Kier molecular flexibility index (Phi) is 9.17. The van der Waals surface area contributed by atoms with Crippen molar-refractivity contribution in [2.24, 2.45) is 0 Å². The maximum atomic E-state index is 13.4. The van der Waals surface area contributed by atoms with Gasteiger partial charge < -0.3 is 23.1 Å². The predicted octanol–water partition coefficient (Wildman–Crippen LogP) is 7.62. The van der Waals surface area contributed by atoms with E-state index in [4.69, 9.17) is 23.1 Å². The number of carbonyl (C=O) groups is 1. The van der Waals surface area contributed by atoms with Gasteiger partial charge in [0.15, 0.2) is 4.88 Å². The fraction of sp³-hybridized carbons (Fsp3) is 0.379. The Hall–Kier alpha value is -3.32. The molecular weight excluding hydrogens is 570 g/mol. The molecular formula is C29H34F2N2O6SSi. The lowest BCUT2D eigenvalue weighted by Crippen LogP contribution is -2.41. The number of pyridine rings is 1. The number of rotatable bonds is 11. The molecule has 0 spiro atoms. The van der Waals surface area contributed by atoms with Crippen molar-refractivity contribution in [3.05, 3.63) is 70.9 Å². The maximum Gasteiger partial charge on any atom is 0.387 e. The van der Waals surface area contributed by atoms with Gasteiger partial charge in [-0.05, 0) is 64.6 Å². The van der Waals surface area contributed by atoms with Crippen LogP contribution in [-0.2, 0) is 20.2 Å². The lowest BCUT2D eigenvalue weighted by atomic mass is 10.1. The van der Waals surface area contributed by atoms with E-state index in [1.54, 1.807) is 31.3 Å². The summed E-state index contributed by atoms with van der Waals surface area (Å²) in [5.74, 6) is -0.350. The van der Waals surface area contributed by atoms with E-state index in [0.29, 0.717) is 11.1 Å². The van der Waals surface area contributed by atoms with Crippen molar-refractivity contribution >= 4 is 31.5 Å². The summed E-state index contributed by atoms with van der Waals surface area (Å²) in [7, 11) is -1.19. The topological polar surface area (TPSA) is 80.5 Å². The van der Waals surface area contributed by atoms with Gasteiger partial charge in [-0.3, -0.25) is 4.40 Å². The van der Waals surface area contributed by atoms with Gasteiger partial charge in [-0.1, -0.05) is 18.2 Å². The Bertz CT molecular complexity index is 1510. The second kappa shape index (κ2) is 12.3. The van der Waals surface area contributed by atoms with Crippen LogP contribution >= 0.6 is 11.3 Å². The van der Waals surface area contributed by atoms with Gasteiger partial charge in [0.05, 0.1) is 36.1 Å². The third-order valence-electron chi connectivity index (χ3n) is 5.91. The molecule has 220 valence electrons. The van der Waals surface area contributed by atoms with Gasteiger partial charge in [-0.25, -0.2) is 9.78 Å². The summed E-state index contributed by atoms with van der Waals surface area (Å²) in [4.78, 5) is 18.0. The number of fused-ring (bicyclic) bond motifs is 1. The van der Waals surface area contributed by atoms with Crippen LogP contribution in [0.1, 0.15) is 54.6 Å². The Morgan fingerprint density at radius 2 is 1.85 bits per heavy atom. The fourth-order valence-corrected chi connectivity index (χ4v) is 7.48. The standard InChI is InChI=1S/C29H34F2N2O6SSi/c1-18(20-12-11-19(14-22(20)38-28(30)31)17-36-41(6,7)39-29(2,3)4)37-23-15-24(40-26(23)27(34)35-5)21-16-32-25-10-8-9-13-33(21)25/h8-16,18,28H,17H2,1-7H3/t18-/m1/s1. The number of ether oxygens (including phenoxy) is 3. The zero-order chi connectivity index (χ0) is 29.9. The number of alkyl halides is 2. The van der Waals surface area contributed by atoms with E-state index in [9.17, 15) is 13.6 Å². The highest BCUT2D eigenvalue weighted by Crippen LogP contribution is 2.40. The van der Waals surface area contributed by atoms with Crippen LogP contribution in [0.15, 0.2) is 54.9 Å². The number of aromatic nitrogens is 2. The highest BCUT2D eigenvalue weighted by Gasteiger charge is 2.31. The Balaban J connectivity index is 1.61. The summed E-state index contributed by atoms with van der Waals surface area (Å²) >= 11 is 1.20. The maximum absolute atomic E-state index is 13.4. The van der Waals surface area contributed by atoms with Crippen molar-refractivity contribution in [3.63, 3.8) is 0 Å². The van der Waals surface area contributed by atoms with Crippen molar-refractivity contribution in [3.8, 4) is 22.1 Å². The number of halogens is 2. The van der Waals surface area contributed by atoms with Crippen LogP contribution in [0.3, 0.4) is 0 Å². The van der Waals surface area contributed by atoms with E-state index in [-0.39, 0.29) is 28.6 Å². The number of hydrogen-bond donors (Lipinski definition) is 0. The van der Waals surface area contributed by atoms with Gasteiger partial charge in [0, 0.05) is 17.8 Å². The van der Waals surface area contributed by atoms with E-state index in [0.717, 1.165) is 16.2 Å². The molecule has 4 rings (SSSR count). The number of thiophene rings is 1. The molecule has 0 saturated carbocycles. The van der Waals surface area contributed by atoms with Crippen LogP contribution in [0.5, 0.6) is 11.5 Å². The second-order valence-electron chi connectivity index (χ2n) is 10.8. The lowest BCUT2D eigenvalue weighted by molar-refractivity contribution is -0.0513. The van der Waals surface area contributed by atoms with Crippen LogP contribution in [-0.4, -0.2) is 43.2 Å². The van der Waals surface area contributed by atoms with Gasteiger partial charge in [0.1, 0.15) is 23.3 Å². The minimum Gasteiger partial charge on any atom is -0.484 e. The largest absolute Gasteiger partial charge is 0.484 e. The normalized spacial score (nSPS) is 13.0. The molecule has 3 aromatic heterocycles. The van der Waals surface area contributed by atoms with E-state index in [2.05, 4.69) is 4.98 Å². The van der Waals surface area contributed by atoms with Crippen LogP contribution in [0.4, 0.5) is 8.78 Å². The predicted molar refractivity (Wildman–Crippen MR) is 155 cm³/mol. The average Bonchev–Trinajstić information content (AvgIpc) is 3.49. The van der Waals surface area contributed by atoms with Gasteiger partial charge >= 0.3 is 21.1 Å². The van der Waals surface area contributed by atoms with Crippen molar-refractivity contribution in [2.45, 2.75) is 65.7 Å². The average molecular weight is 605 g/mol. The summed E-state index contributed by atoms with van der Waals surface area (Å²) in [6.07, 6.45) is 2.83. The molecule has 0 fully saturated rings. The number of imidazole rings is 1. The minimum atomic E-state index is -3.04. The number of carbonyl (C=O) groups excluding carboxylic acids is 1. The molecule has 0 amide bonds. The smallest absolute Gasteiger partial charge is 0.387 e. The Morgan fingerprint density at radius 3 is 2.54 bits per heavy atom. The van der Waals surface area contributed by atoms with Crippen molar-refractivity contribution < 1.29 is 36.6 Å². The number of benzene rings is 1. The number of methoxy groups -OCH3 is 1. The fourth-order valence-electron chi connectivity index (χ4n) is 4.42. The summed E-state index contributed by atoms with van der Waals surface area (Å²) < 4.78 is 56.9. The van der Waals surface area contributed by atoms with Gasteiger partial charge in [-0.2, -0.15) is 8.78 Å². The Labute approximate surface area is 243 Å². The Morgan fingerprint density at radius 1 is 1.10 bits per heavy atom. The molecule has 0 unspecified atom stereocenters. The summed E-state index contributed by atoms with van der Waals surface area (Å²) in [6.45, 7) is 8.55. The van der Waals surface area contributed by atoms with E-state index in [1.165, 1.54) is 24.5 Å². The second-order valence-corrected chi connectivity index (χ2v) is 15.1. The van der Waals surface area contributed by atoms with Gasteiger partial charge in [-0.15, -0.1) is 11.3 Å². The first kappa shape index (κ1) is 30.6. The van der Waals surface area contributed by atoms with Crippen LogP contribution in [0.25, 0.3) is 16.2 Å². The molecule has 1 aromatic carbocycles. The third-order valence-corrected chi connectivity index (χ3v) is 8.97. The minimum absolute atomic E-state index is 0.0401. The van der Waals surface area contributed by atoms with Gasteiger partial charge in [0.25, 0.3) is 0 Å². The highest BCUT2D eigenvalue weighted by molar-refractivity contribution is 7.17. The highest BCUT2D eigenvalue weighted by atomic mass is 32.1. The zero-order valence-corrected chi connectivity index (χ0v) is 25.9. The molecule has 0 bridgehead atoms. The first-order valence-electron chi connectivity index (χ1n) is 13.0. The van der Waals surface area contributed by atoms with Crippen LogP contribution < -0.4 is 9.47 Å². The molecule has 41 heavy (non-hydrogen) atoms. The molecule has 4 aromatic rings. The molecule has 0 aliphatic rings. The third kappa shape index (κ3) is 7.70. The molecule has 0 aliphatic heterocycles. The zero-order valence-electron chi connectivity index (χ0n) is 24.1. The summed E-state index contributed by atoms with van der Waals surface area (Å²) in [6, 6.07) is 12.3. The summed E-state index contributed by atoms with van der Waals surface area (Å²) in [5.41, 5.74) is 2.18. The van der Waals surface area contributed by atoms with Crippen LogP contribution in [0.2, 0.25) is 13.1 Å². The molecule has 0 N–H and O–H groups in total. The molecule has 0 aliphatic carbocycles. The SMILES string of the molecule is COC(=O)c1sc(-c2cnc3ccccn23)cc1O[C@H](C)c1ccc(CO[Si](C)(C)OC(C)(C)C)cc1OC(F)F. The lowest BCUT2D eigenvalue weighted by Gasteiger charge is -2.31. The number of esters is 1. The molecule has 8 nitrogen and oxygen atoms in total. The molecule has 12 heteroatoms. The van der Waals surface area contributed by atoms with Gasteiger partial charge in [0.2, 0.25) is 0 Å². The number of hydrogen-bond acceptors (Lipinski definition) is 8. The van der Waals surface area contributed by atoms with E-state index >= 15 is 0 Å². The first-order chi connectivity index (χ1) is 19.3.